The van der Waals surface area contributed by atoms with E-state index < -0.39 is 15.8 Å². The smallest absolute Gasteiger partial charge is 0.260 e. The number of hydrogen-bond acceptors (Lipinski definition) is 4. The number of amides is 1. The predicted octanol–water partition coefficient (Wildman–Crippen LogP) is 2.42. The van der Waals surface area contributed by atoms with Crippen molar-refractivity contribution in [2.45, 2.75) is 17.7 Å². The first-order valence-electron chi connectivity index (χ1n) is 9.15. The molecule has 1 saturated heterocycles. The number of carbonyl (C=O) groups excluding carboxylic acids is 1. The number of rotatable bonds is 7. The van der Waals surface area contributed by atoms with Crippen LogP contribution in [0.15, 0.2) is 59.5 Å². The highest BCUT2D eigenvalue weighted by atomic mass is 32.2. The van der Waals surface area contributed by atoms with Gasteiger partial charge < -0.3 is 9.64 Å². The summed E-state index contributed by atoms with van der Waals surface area (Å²) in [5.41, 5.74) is 0. The molecule has 6 nitrogen and oxygen atoms in total. The maximum atomic E-state index is 12.9. The molecule has 1 N–H and O–H groups in total. The van der Waals surface area contributed by atoms with Gasteiger partial charge in [0.2, 0.25) is 10.0 Å². The van der Waals surface area contributed by atoms with Crippen LogP contribution in [0.25, 0.3) is 0 Å². The van der Waals surface area contributed by atoms with Crippen molar-refractivity contribution in [3.63, 3.8) is 0 Å². The second kappa shape index (κ2) is 9.16. The van der Waals surface area contributed by atoms with Gasteiger partial charge in [0.1, 0.15) is 11.6 Å². The zero-order chi connectivity index (χ0) is 20.0. The lowest BCUT2D eigenvalue weighted by atomic mass is 9.97. The van der Waals surface area contributed by atoms with E-state index in [0.717, 1.165) is 12.1 Å². The molecule has 8 heteroatoms. The fourth-order valence-electron chi connectivity index (χ4n) is 3.06. The van der Waals surface area contributed by atoms with E-state index in [9.17, 15) is 17.6 Å². The minimum absolute atomic E-state index is 0.00806. The molecule has 0 aliphatic carbocycles. The zero-order valence-electron chi connectivity index (χ0n) is 15.4. The van der Waals surface area contributed by atoms with E-state index in [4.69, 9.17) is 4.74 Å². The zero-order valence-corrected chi connectivity index (χ0v) is 16.2. The minimum Gasteiger partial charge on any atom is -0.484 e. The van der Waals surface area contributed by atoms with Crippen molar-refractivity contribution < 1.29 is 22.3 Å². The third kappa shape index (κ3) is 5.53. The highest BCUT2D eigenvalue weighted by Gasteiger charge is 2.24. The lowest BCUT2D eigenvalue weighted by Gasteiger charge is -2.32. The van der Waals surface area contributed by atoms with Gasteiger partial charge in [-0.1, -0.05) is 18.2 Å². The molecule has 1 heterocycles. The highest BCUT2D eigenvalue weighted by molar-refractivity contribution is 7.89. The summed E-state index contributed by atoms with van der Waals surface area (Å²) in [5.74, 6) is 0.247. The summed E-state index contributed by atoms with van der Waals surface area (Å²) in [6.07, 6.45) is 1.42. The van der Waals surface area contributed by atoms with Gasteiger partial charge in [-0.2, -0.15) is 0 Å². The van der Waals surface area contributed by atoms with Crippen molar-refractivity contribution in [1.82, 2.24) is 9.62 Å². The first kappa shape index (κ1) is 20.3. The Morgan fingerprint density at radius 2 is 1.71 bits per heavy atom. The van der Waals surface area contributed by atoms with Gasteiger partial charge in [-0.25, -0.2) is 17.5 Å². The van der Waals surface area contributed by atoms with Crippen molar-refractivity contribution >= 4 is 15.9 Å². The average Bonchev–Trinajstić information content (AvgIpc) is 2.72. The van der Waals surface area contributed by atoms with E-state index in [1.54, 1.807) is 17.0 Å². The van der Waals surface area contributed by atoms with Crippen LogP contribution in [-0.4, -0.2) is 45.5 Å². The molecule has 0 bridgehead atoms. The molecule has 0 spiro atoms. The maximum Gasteiger partial charge on any atom is 0.260 e. The molecule has 0 unspecified atom stereocenters. The normalized spacial score (nSPS) is 15.4. The Morgan fingerprint density at radius 1 is 1.07 bits per heavy atom. The van der Waals surface area contributed by atoms with Gasteiger partial charge in [0.25, 0.3) is 5.91 Å². The van der Waals surface area contributed by atoms with Gasteiger partial charge in [0, 0.05) is 19.6 Å². The number of hydrogen-bond donors (Lipinski definition) is 1. The van der Waals surface area contributed by atoms with Crippen LogP contribution in [0.2, 0.25) is 0 Å². The van der Waals surface area contributed by atoms with Crippen LogP contribution in [-0.2, 0) is 14.8 Å². The van der Waals surface area contributed by atoms with Gasteiger partial charge in [-0.3, -0.25) is 4.79 Å². The first-order valence-corrected chi connectivity index (χ1v) is 10.6. The summed E-state index contributed by atoms with van der Waals surface area (Å²) >= 11 is 0. The molecule has 0 saturated carbocycles. The minimum atomic E-state index is -3.66. The number of benzene rings is 2. The highest BCUT2D eigenvalue weighted by Crippen LogP contribution is 2.18. The topological polar surface area (TPSA) is 75.7 Å². The van der Waals surface area contributed by atoms with Crippen LogP contribution in [0.3, 0.4) is 0 Å². The SMILES string of the molecule is O=C(COc1ccccc1)N1CCC(CNS(=O)(=O)c2ccc(F)cc2)CC1. The van der Waals surface area contributed by atoms with Crippen molar-refractivity contribution in [2.75, 3.05) is 26.2 Å². The summed E-state index contributed by atoms with van der Waals surface area (Å²) in [7, 11) is -3.66. The van der Waals surface area contributed by atoms with Crippen molar-refractivity contribution in [1.29, 1.82) is 0 Å². The Labute approximate surface area is 164 Å². The van der Waals surface area contributed by atoms with Crippen molar-refractivity contribution in [2.24, 2.45) is 5.92 Å². The van der Waals surface area contributed by atoms with Gasteiger partial charge in [0.15, 0.2) is 6.61 Å². The molecule has 0 atom stereocenters. The fourth-order valence-corrected chi connectivity index (χ4v) is 4.18. The number of nitrogens with zero attached hydrogens (tertiary/aromatic N) is 1. The van der Waals surface area contributed by atoms with Crippen LogP contribution in [0.4, 0.5) is 4.39 Å². The van der Waals surface area contributed by atoms with Crippen LogP contribution in [0.5, 0.6) is 5.75 Å². The molecule has 1 fully saturated rings. The average molecular weight is 406 g/mol. The lowest BCUT2D eigenvalue weighted by Crippen LogP contribution is -2.43. The summed E-state index contributed by atoms with van der Waals surface area (Å²) in [5, 5.41) is 0. The Morgan fingerprint density at radius 3 is 2.36 bits per heavy atom. The number of sulfonamides is 1. The number of para-hydroxylation sites is 1. The summed E-state index contributed by atoms with van der Waals surface area (Å²) < 4.78 is 45.5. The molecule has 0 aromatic heterocycles. The Bertz CT molecular complexity index is 880. The molecule has 1 amide bonds. The second-order valence-corrected chi connectivity index (χ2v) is 8.50. The maximum absolute atomic E-state index is 12.9. The van der Waals surface area contributed by atoms with Crippen LogP contribution in [0.1, 0.15) is 12.8 Å². The summed E-state index contributed by atoms with van der Waals surface area (Å²) in [6.45, 7) is 1.42. The van der Waals surface area contributed by atoms with Crippen LogP contribution >= 0.6 is 0 Å². The molecule has 0 radical (unpaired) electrons. The Kier molecular flexibility index (Phi) is 6.64. The summed E-state index contributed by atoms with van der Waals surface area (Å²) in [4.78, 5) is 14.1. The van der Waals surface area contributed by atoms with Gasteiger partial charge in [-0.05, 0) is 55.2 Å². The van der Waals surface area contributed by atoms with Crippen molar-refractivity contribution in [3.8, 4) is 5.75 Å². The number of carbonyl (C=O) groups is 1. The predicted molar refractivity (Wildman–Crippen MR) is 103 cm³/mol. The first-order chi connectivity index (χ1) is 13.4. The Hall–Kier alpha value is -2.45. The molecule has 150 valence electrons. The van der Waals surface area contributed by atoms with E-state index in [-0.39, 0.29) is 23.3 Å². The molecule has 2 aromatic rings. The monoisotopic (exact) mass is 406 g/mol. The Balaban J connectivity index is 1.42. The van der Waals surface area contributed by atoms with Crippen LogP contribution < -0.4 is 9.46 Å². The molecule has 28 heavy (non-hydrogen) atoms. The molecular weight excluding hydrogens is 383 g/mol. The van der Waals surface area contributed by atoms with E-state index in [1.807, 2.05) is 18.2 Å². The van der Waals surface area contributed by atoms with Gasteiger partial charge >= 0.3 is 0 Å². The molecule has 1 aliphatic rings. The molecule has 1 aliphatic heterocycles. The third-order valence-corrected chi connectivity index (χ3v) is 6.20. The van der Waals surface area contributed by atoms with E-state index in [2.05, 4.69) is 4.72 Å². The quantitative estimate of drug-likeness (QED) is 0.766. The molecular formula is C20H23FN2O4S. The standard InChI is InChI=1S/C20H23FN2O4S/c21-17-6-8-19(9-7-17)28(25,26)22-14-16-10-12-23(13-11-16)20(24)15-27-18-4-2-1-3-5-18/h1-9,16,22H,10-15H2. The molecule has 3 rings (SSSR count). The van der Waals surface area contributed by atoms with Gasteiger partial charge in [-0.15, -0.1) is 0 Å². The van der Waals surface area contributed by atoms with Gasteiger partial charge in [0.05, 0.1) is 4.90 Å². The number of ether oxygens (including phenoxy) is 1. The van der Waals surface area contributed by atoms with Crippen LogP contribution in [0, 0.1) is 11.7 Å². The number of nitrogens with one attached hydrogen (secondary N) is 1. The number of likely N-dealkylation sites (tertiary alicyclic amines) is 1. The van der Waals surface area contributed by atoms with E-state index >= 15 is 0 Å². The van der Waals surface area contributed by atoms with Crippen molar-refractivity contribution in [3.05, 3.63) is 60.4 Å². The second-order valence-electron chi connectivity index (χ2n) is 6.73. The summed E-state index contributed by atoms with van der Waals surface area (Å²) in [6, 6.07) is 13.9. The largest absolute Gasteiger partial charge is 0.484 e. The fraction of sp³-hybridized carbons (Fsp3) is 0.350. The third-order valence-electron chi connectivity index (χ3n) is 4.76. The lowest BCUT2D eigenvalue weighted by molar-refractivity contribution is -0.134. The van der Waals surface area contributed by atoms with E-state index in [0.29, 0.717) is 38.2 Å². The molecule has 2 aromatic carbocycles. The number of piperidine rings is 1. The number of halogens is 1. The van der Waals surface area contributed by atoms with E-state index in [1.165, 1.54) is 12.1 Å².